The van der Waals surface area contributed by atoms with E-state index in [9.17, 15) is 30.6 Å². The molecule has 2 heterocycles. The number of nitrogens with zero attached hydrogens (tertiary/aromatic N) is 4. The van der Waals surface area contributed by atoms with E-state index in [4.69, 9.17) is 0 Å². The van der Waals surface area contributed by atoms with E-state index >= 15 is 0 Å². The van der Waals surface area contributed by atoms with Crippen molar-refractivity contribution in [2.45, 2.75) is 218 Å². The second-order valence-corrected chi connectivity index (χ2v) is 29.1. The van der Waals surface area contributed by atoms with Crippen LogP contribution in [0.4, 0.5) is 0 Å². The molecule has 0 bridgehead atoms. The number of nitriles is 4. The van der Waals surface area contributed by atoms with E-state index in [2.05, 4.69) is 125 Å². The number of hydrogen-bond donors (Lipinski definition) is 0. The number of ketones is 2. The molecule has 0 spiro atoms. The summed E-state index contributed by atoms with van der Waals surface area (Å²) < 4.78 is 0. The first-order valence-corrected chi connectivity index (χ1v) is 37.3. The summed E-state index contributed by atoms with van der Waals surface area (Å²) in [4.78, 5) is 32.2. The number of carbonyl (C=O) groups excluding carboxylic acids is 2. The third-order valence-electron chi connectivity index (χ3n) is 20.9. The van der Waals surface area contributed by atoms with Crippen molar-refractivity contribution >= 4 is 57.5 Å². The third kappa shape index (κ3) is 13.6. The van der Waals surface area contributed by atoms with Gasteiger partial charge in [-0.3, -0.25) is 9.59 Å². The van der Waals surface area contributed by atoms with Crippen LogP contribution in [0.1, 0.15) is 271 Å². The number of hydrogen-bond acceptors (Lipinski definition) is 8. The predicted molar refractivity (Wildman–Crippen MR) is 391 cm³/mol. The number of allylic oxidation sites excluding steroid dienone is 6. The van der Waals surface area contributed by atoms with Gasteiger partial charge in [-0.1, -0.05) is 255 Å². The van der Waals surface area contributed by atoms with Crippen LogP contribution < -0.4 is 0 Å². The highest BCUT2D eigenvalue weighted by Gasteiger charge is 2.48. The van der Waals surface area contributed by atoms with Gasteiger partial charge in [0.15, 0.2) is 11.6 Å². The fraction of sp³-hybridized carbons (Fsp3) is 0.395. The summed E-state index contributed by atoms with van der Waals surface area (Å²) in [6.07, 6.45) is 37.7. The highest BCUT2D eigenvalue weighted by atomic mass is 32.1. The third-order valence-corrected chi connectivity index (χ3v) is 23.1. The number of unbranched alkanes of at least 4 members (excludes halogenated alkanes) is 20. The average Bonchev–Trinajstić information content (AvgIpc) is 1.53. The maximum absolute atomic E-state index is 14.1. The molecule has 0 N–H and O–H groups in total. The van der Waals surface area contributed by atoms with Gasteiger partial charge in [0.25, 0.3) is 0 Å². The number of carbonyl (C=O) groups is 2. The van der Waals surface area contributed by atoms with Gasteiger partial charge in [0.2, 0.25) is 0 Å². The van der Waals surface area contributed by atoms with Gasteiger partial charge >= 0.3 is 0 Å². The van der Waals surface area contributed by atoms with Gasteiger partial charge in [-0.05, 0) is 153 Å². The van der Waals surface area contributed by atoms with Gasteiger partial charge < -0.3 is 0 Å². The lowest BCUT2D eigenvalue weighted by atomic mass is 9.68. The van der Waals surface area contributed by atoms with Crippen LogP contribution in [-0.2, 0) is 10.8 Å². The topological polar surface area (TPSA) is 129 Å². The normalized spacial score (nSPS) is 15.1. The highest BCUT2D eigenvalue weighted by molar-refractivity contribution is 7.16. The van der Waals surface area contributed by atoms with E-state index in [0.29, 0.717) is 44.5 Å². The first-order chi connectivity index (χ1) is 46.1. The van der Waals surface area contributed by atoms with Crippen LogP contribution in [0.5, 0.6) is 0 Å². The molecule has 478 valence electrons. The summed E-state index contributed by atoms with van der Waals surface area (Å²) in [5.74, 6) is -0.325. The zero-order valence-electron chi connectivity index (χ0n) is 55.9. The van der Waals surface area contributed by atoms with Crippen LogP contribution in [0.15, 0.2) is 144 Å². The molecular weight excluding hydrogens is 1190 g/mol. The van der Waals surface area contributed by atoms with Crippen molar-refractivity contribution in [3.8, 4) is 67.4 Å². The summed E-state index contributed by atoms with van der Waals surface area (Å²) in [7, 11) is 0. The second kappa shape index (κ2) is 31.3. The molecule has 8 heteroatoms. The van der Waals surface area contributed by atoms with Crippen molar-refractivity contribution in [3.05, 3.63) is 198 Å². The maximum atomic E-state index is 14.1. The molecule has 0 atom stereocenters. The Morgan fingerprint density at radius 2 is 0.660 bits per heavy atom. The van der Waals surface area contributed by atoms with Crippen LogP contribution in [0.2, 0.25) is 0 Å². The lowest BCUT2D eigenvalue weighted by Gasteiger charge is -2.35. The lowest BCUT2D eigenvalue weighted by molar-refractivity contribution is 0.103. The Hall–Kier alpha value is -8.24. The highest BCUT2D eigenvalue weighted by Crippen LogP contribution is 2.62. The summed E-state index contributed by atoms with van der Waals surface area (Å²) >= 11 is 3.32. The van der Waals surface area contributed by atoms with Gasteiger partial charge in [-0.25, -0.2) is 0 Å². The number of fused-ring (bicyclic) bond motifs is 8. The first-order valence-electron chi connectivity index (χ1n) is 35.6. The average molecular weight is 1280 g/mol. The number of Topliss-reactive ketones (excluding diaryl/α,β-unsaturated/α-hetero) is 2. The molecule has 94 heavy (non-hydrogen) atoms. The number of benzene rings is 5. The molecule has 7 aromatic rings. The number of rotatable bonds is 32. The Kier molecular flexibility index (Phi) is 22.4. The van der Waals surface area contributed by atoms with Crippen molar-refractivity contribution in [3.63, 3.8) is 0 Å². The first kappa shape index (κ1) is 67.2. The predicted octanol–water partition coefficient (Wildman–Crippen LogP) is 24.8. The van der Waals surface area contributed by atoms with Gasteiger partial charge in [0.1, 0.15) is 35.4 Å². The molecule has 0 unspecified atom stereocenters. The van der Waals surface area contributed by atoms with Gasteiger partial charge in [0, 0.05) is 63.8 Å². The largest absolute Gasteiger partial charge is 0.289 e. The Morgan fingerprint density at radius 3 is 0.989 bits per heavy atom. The quantitative estimate of drug-likeness (QED) is 0.0235. The van der Waals surface area contributed by atoms with E-state index in [1.165, 1.54) is 184 Å². The molecule has 0 saturated carbocycles. The smallest absolute Gasteiger partial charge is 0.194 e. The van der Waals surface area contributed by atoms with Crippen molar-refractivity contribution in [1.82, 2.24) is 0 Å². The molecule has 4 aliphatic rings. The van der Waals surface area contributed by atoms with E-state index in [1.54, 1.807) is 34.8 Å². The van der Waals surface area contributed by atoms with Gasteiger partial charge in [-0.15, -0.1) is 22.7 Å². The Labute approximate surface area is 568 Å². The molecular formula is C86H90N4O2S2. The maximum Gasteiger partial charge on any atom is 0.194 e. The zero-order valence-corrected chi connectivity index (χ0v) is 57.6. The summed E-state index contributed by atoms with van der Waals surface area (Å²) in [6.45, 7) is 9.21. The van der Waals surface area contributed by atoms with Crippen LogP contribution >= 0.6 is 22.7 Å². The molecule has 2 aromatic heterocycles. The summed E-state index contributed by atoms with van der Waals surface area (Å²) in [6, 6.07) is 51.7. The molecule has 0 saturated heterocycles. The monoisotopic (exact) mass is 1270 g/mol. The van der Waals surface area contributed by atoms with E-state index in [1.807, 2.05) is 48.6 Å². The van der Waals surface area contributed by atoms with Crippen LogP contribution in [0, 0.1) is 45.3 Å². The lowest BCUT2D eigenvalue weighted by Crippen LogP contribution is -2.27. The molecule has 11 rings (SSSR count). The minimum absolute atomic E-state index is 0.0514. The molecule has 5 aromatic carbocycles. The van der Waals surface area contributed by atoms with Crippen molar-refractivity contribution in [2.75, 3.05) is 0 Å². The van der Waals surface area contributed by atoms with Crippen molar-refractivity contribution in [2.24, 2.45) is 0 Å². The number of thiophene rings is 2. The van der Waals surface area contributed by atoms with Gasteiger partial charge in [0.05, 0.1) is 0 Å². The van der Waals surface area contributed by atoms with Crippen LogP contribution in [0.3, 0.4) is 0 Å². The summed E-state index contributed by atoms with van der Waals surface area (Å²) in [5, 5.41) is 40.5. The minimum atomic E-state index is -0.204. The standard InChI is InChI=1S/C86H90N4O2S2/c1-5-9-13-17-21-29-45-85(46-30-22-18-14-10-6-2)75-49-59(79-43-39-63(93-79)51-73-81(61(55-87)56-88)67-33-25-27-35-69(67)83(73)91)37-41-65(75)71-54-78-72(53-77(71)85)66-42-38-60(50-76(66)86(78,47-31-23-19-15-11-7-3)48-32-24-20-16-12-8-4)80-44-40-64(94-80)52-74-82(62(57-89)58-90)68-34-26-28-36-70(68)84(74)92/h25-28,33-44,49-54H,5-24,29-32,45-48H2,1-4H3/b73-51-,74-52-. The SMILES string of the molecule is CCCCCCCCC1(CCCCCCCC)c2cc(-c3ccc(/C=C4\C(=O)c5ccccc5C4=C(C#N)C#N)s3)ccc2-c2cc3c(cc21)-c1ccc(-c2ccc(/C=C4\C(=O)c5ccccc5C4=C(C#N)C#N)s2)cc1C3(CCCCCCCC)CCCCCCCC. The zero-order chi connectivity index (χ0) is 65.6. The van der Waals surface area contributed by atoms with Crippen molar-refractivity contribution in [1.29, 1.82) is 21.0 Å². The minimum Gasteiger partial charge on any atom is -0.289 e. The Bertz CT molecular complexity index is 3940. The molecule has 0 amide bonds. The molecule has 4 aliphatic carbocycles. The summed E-state index contributed by atoms with van der Waals surface area (Å²) in [5.41, 5.74) is 17.2. The molecule has 0 radical (unpaired) electrons. The van der Waals surface area contributed by atoms with Crippen LogP contribution in [0.25, 0.3) is 66.4 Å². The van der Waals surface area contributed by atoms with Crippen LogP contribution in [-0.4, -0.2) is 11.6 Å². The fourth-order valence-corrected chi connectivity index (χ4v) is 18.0. The molecule has 0 fully saturated rings. The fourth-order valence-electron chi connectivity index (χ4n) is 16.1. The van der Waals surface area contributed by atoms with Crippen molar-refractivity contribution < 1.29 is 9.59 Å². The van der Waals surface area contributed by atoms with E-state index < -0.39 is 0 Å². The van der Waals surface area contributed by atoms with E-state index in [0.717, 1.165) is 70.9 Å². The molecule has 6 nitrogen and oxygen atoms in total. The Morgan fingerprint density at radius 1 is 0.351 bits per heavy atom. The second-order valence-electron chi connectivity index (χ2n) is 26.9. The van der Waals surface area contributed by atoms with Gasteiger partial charge in [-0.2, -0.15) is 21.0 Å². The Balaban J connectivity index is 1.05. The van der Waals surface area contributed by atoms with E-state index in [-0.39, 0.29) is 33.5 Å². The molecule has 0 aliphatic heterocycles.